The van der Waals surface area contributed by atoms with Crippen molar-refractivity contribution in [1.82, 2.24) is 5.32 Å². The van der Waals surface area contributed by atoms with Gasteiger partial charge in [0, 0.05) is 24.3 Å². The minimum absolute atomic E-state index is 1.01. The van der Waals surface area contributed by atoms with Crippen molar-refractivity contribution in [3.05, 3.63) is 35.4 Å². The third-order valence-electron chi connectivity index (χ3n) is 3.06. The molecule has 2 aliphatic heterocycles. The van der Waals surface area contributed by atoms with E-state index in [4.69, 9.17) is 0 Å². The zero-order chi connectivity index (χ0) is 9.38. The van der Waals surface area contributed by atoms with Gasteiger partial charge in [0.1, 0.15) is 0 Å². The van der Waals surface area contributed by atoms with Crippen molar-refractivity contribution in [2.24, 2.45) is 0 Å². The highest BCUT2D eigenvalue weighted by Gasteiger charge is 2.19. The zero-order valence-electron chi connectivity index (χ0n) is 8.14. The van der Waals surface area contributed by atoms with Crippen molar-refractivity contribution in [1.29, 1.82) is 0 Å². The molecule has 2 N–H and O–H groups in total. The normalized spacial score (nSPS) is 19.7. The van der Waals surface area contributed by atoms with Gasteiger partial charge in [-0.3, -0.25) is 0 Å². The number of nitrogens with one attached hydrogen (secondary N) is 2. The van der Waals surface area contributed by atoms with Gasteiger partial charge in [0.2, 0.25) is 0 Å². The highest BCUT2D eigenvalue weighted by atomic mass is 14.9. The Labute approximate surface area is 84.0 Å². The Morgan fingerprint density at radius 2 is 2.00 bits per heavy atom. The van der Waals surface area contributed by atoms with E-state index >= 15 is 0 Å². The lowest BCUT2D eigenvalue weighted by molar-refractivity contribution is 0.705. The molecule has 72 valence electrons. The van der Waals surface area contributed by atoms with E-state index in [1.165, 1.54) is 23.2 Å². The summed E-state index contributed by atoms with van der Waals surface area (Å²) >= 11 is 0. The second-order valence-corrected chi connectivity index (χ2v) is 3.91. The predicted molar refractivity (Wildman–Crippen MR) is 59.3 cm³/mol. The summed E-state index contributed by atoms with van der Waals surface area (Å²) in [4.78, 5) is 0. The van der Waals surface area contributed by atoms with Crippen LogP contribution in [0.3, 0.4) is 0 Å². The van der Waals surface area contributed by atoms with Gasteiger partial charge in [-0.2, -0.15) is 0 Å². The number of hydrogen-bond acceptors (Lipinski definition) is 2. The number of benzene rings is 1. The molecule has 0 amide bonds. The van der Waals surface area contributed by atoms with E-state index in [9.17, 15) is 0 Å². The molecule has 0 aromatic heterocycles. The van der Waals surface area contributed by atoms with Crippen LogP contribution in [-0.4, -0.2) is 19.6 Å². The maximum absolute atomic E-state index is 3.46. The molecule has 0 fully saturated rings. The van der Waals surface area contributed by atoms with Crippen molar-refractivity contribution in [2.75, 3.05) is 25.0 Å². The summed E-state index contributed by atoms with van der Waals surface area (Å²) in [6.07, 6.45) is 1.17. The van der Waals surface area contributed by atoms with E-state index in [2.05, 4.69) is 34.9 Å². The molecule has 14 heavy (non-hydrogen) atoms. The molecule has 1 aromatic rings. The highest BCUT2D eigenvalue weighted by molar-refractivity contribution is 5.82. The molecule has 0 atom stereocenters. The number of hydrogen-bond donors (Lipinski definition) is 2. The molecule has 0 radical (unpaired) electrons. The molecule has 2 heterocycles. The summed E-state index contributed by atoms with van der Waals surface area (Å²) in [5.41, 5.74) is 5.82. The van der Waals surface area contributed by atoms with Gasteiger partial charge in [-0.05, 0) is 30.2 Å². The lowest BCUT2D eigenvalue weighted by atomic mass is 9.90. The number of para-hydroxylation sites is 1. The van der Waals surface area contributed by atoms with E-state index in [-0.39, 0.29) is 0 Å². The summed E-state index contributed by atoms with van der Waals surface area (Å²) in [6.45, 7) is 3.18. The average Bonchev–Trinajstić information content (AvgIpc) is 2.29. The zero-order valence-corrected chi connectivity index (χ0v) is 8.14. The summed E-state index contributed by atoms with van der Waals surface area (Å²) in [7, 11) is 0. The van der Waals surface area contributed by atoms with Gasteiger partial charge < -0.3 is 10.6 Å². The Morgan fingerprint density at radius 1 is 1.07 bits per heavy atom. The van der Waals surface area contributed by atoms with E-state index in [1.807, 2.05) is 0 Å². The fourth-order valence-electron chi connectivity index (χ4n) is 2.33. The van der Waals surface area contributed by atoms with Crippen molar-refractivity contribution in [3.8, 4) is 0 Å². The molecule has 1 aromatic carbocycles. The van der Waals surface area contributed by atoms with Gasteiger partial charge in [0.05, 0.1) is 0 Å². The van der Waals surface area contributed by atoms with Crippen molar-refractivity contribution < 1.29 is 0 Å². The van der Waals surface area contributed by atoms with Gasteiger partial charge >= 0.3 is 0 Å². The molecule has 2 nitrogen and oxygen atoms in total. The summed E-state index contributed by atoms with van der Waals surface area (Å²) in [5, 5.41) is 6.88. The first kappa shape index (κ1) is 8.06. The molecule has 0 saturated heterocycles. The van der Waals surface area contributed by atoms with Crippen molar-refractivity contribution >= 4 is 11.3 Å². The molecular weight excluding hydrogens is 172 g/mol. The number of rotatable bonds is 0. The second kappa shape index (κ2) is 3.14. The molecule has 0 aliphatic carbocycles. The minimum atomic E-state index is 1.01. The molecule has 0 spiro atoms. The molecule has 0 bridgehead atoms. The monoisotopic (exact) mass is 186 g/mol. The molecule has 3 rings (SSSR count). The van der Waals surface area contributed by atoms with Crippen LogP contribution in [0, 0.1) is 0 Å². The Morgan fingerprint density at radius 3 is 3.00 bits per heavy atom. The Bertz CT molecular complexity index is 393. The van der Waals surface area contributed by atoms with Gasteiger partial charge in [-0.15, -0.1) is 0 Å². The van der Waals surface area contributed by atoms with Gasteiger partial charge in [0.15, 0.2) is 0 Å². The first-order chi connectivity index (χ1) is 6.95. The van der Waals surface area contributed by atoms with Crippen LogP contribution in [0.1, 0.15) is 12.0 Å². The van der Waals surface area contributed by atoms with Gasteiger partial charge in [-0.25, -0.2) is 0 Å². The third kappa shape index (κ3) is 1.15. The van der Waals surface area contributed by atoms with E-state index in [0.29, 0.717) is 0 Å². The maximum atomic E-state index is 3.46. The smallest absolute Gasteiger partial charge is 0.0419 e. The second-order valence-electron chi connectivity index (χ2n) is 3.91. The standard InChI is InChI=1S/C12H14N2/c1-2-4-12-11(3-1)10-5-6-13-7-9(10)8-14-12/h1-4,13-14H,5-8H2. The number of fused-ring (bicyclic) bond motifs is 2. The van der Waals surface area contributed by atoms with Crippen molar-refractivity contribution in [2.45, 2.75) is 6.42 Å². The topological polar surface area (TPSA) is 24.1 Å². The fourth-order valence-corrected chi connectivity index (χ4v) is 2.33. The quantitative estimate of drug-likeness (QED) is 0.646. The van der Waals surface area contributed by atoms with Crippen LogP contribution in [0.2, 0.25) is 0 Å². The lowest BCUT2D eigenvalue weighted by Gasteiger charge is -2.28. The Hall–Kier alpha value is -1.28. The summed E-state index contributed by atoms with van der Waals surface area (Å²) in [6, 6.07) is 8.61. The largest absolute Gasteiger partial charge is 0.381 e. The lowest BCUT2D eigenvalue weighted by Crippen LogP contribution is -2.30. The molecule has 0 unspecified atom stereocenters. The predicted octanol–water partition coefficient (Wildman–Crippen LogP) is 1.86. The third-order valence-corrected chi connectivity index (χ3v) is 3.06. The molecule has 0 saturated carbocycles. The Balaban J connectivity index is 2.13. The first-order valence-corrected chi connectivity index (χ1v) is 5.20. The van der Waals surface area contributed by atoms with Crippen LogP contribution in [0.4, 0.5) is 5.69 Å². The van der Waals surface area contributed by atoms with Gasteiger partial charge in [0.25, 0.3) is 0 Å². The molecule has 2 heteroatoms. The number of anilines is 1. The van der Waals surface area contributed by atoms with E-state index < -0.39 is 0 Å². The van der Waals surface area contributed by atoms with Crippen LogP contribution in [0.15, 0.2) is 29.8 Å². The SMILES string of the molecule is c1ccc2c(c1)NCC1=C2CCNC1. The molecular formula is C12H14N2. The fraction of sp³-hybridized carbons (Fsp3) is 0.333. The summed E-state index contributed by atoms with van der Waals surface area (Å²) < 4.78 is 0. The minimum Gasteiger partial charge on any atom is -0.381 e. The van der Waals surface area contributed by atoms with Crippen LogP contribution >= 0.6 is 0 Å². The Kier molecular flexibility index (Phi) is 1.81. The van der Waals surface area contributed by atoms with E-state index in [0.717, 1.165) is 19.6 Å². The van der Waals surface area contributed by atoms with Crippen LogP contribution < -0.4 is 10.6 Å². The highest BCUT2D eigenvalue weighted by Crippen LogP contribution is 2.33. The van der Waals surface area contributed by atoms with Gasteiger partial charge in [-0.1, -0.05) is 18.2 Å². The first-order valence-electron chi connectivity index (χ1n) is 5.20. The maximum Gasteiger partial charge on any atom is 0.0419 e. The van der Waals surface area contributed by atoms with Crippen LogP contribution in [-0.2, 0) is 0 Å². The summed E-state index contributed by atoms with van der Waals surface area (Å²) in [5.74, 6) is 0. The van der Waals surface area contributed by atoms with Crippen LogP contribution in [0.25, 0.3) is 5.57 Å². The average molecular weight is 186 g/mol. The van der Waals surface area contributed by atoms with E-state index in [1.54, 1.807) is 5.57 Å². The van der Waals surface area contributed by atoms with Crippen LogP contribution in [0.5, 0.6) is 0 Å². The van der Waals surface area contributed by atoms with Crippen molar-refractivity contribution in [3.63, 3.8) is 0 Å². The molecule has 2 aliphatic rings.